The molecule has 2 heterocycles. The van der Waals surface area contributed by atoms with E-state index in [1.165, 1.54) is 90.4 Å². The van der Waals surface area contributed by atoms with E-state index in [9.17, 15) is 0 Å². The first-order chi connectivity index (χ1) is 22.6. The summed E-state index contributed by atoms with van der Waals surface area (Å²) >= 11 is 3.77. The molecule has 0 saturated heterocycles. The molecule has 0 aliphatic heterocycles. The summed E-state index contributed by atoms with van der Waals surface area (Å²) in [6.07, 6.45) is 0. The molecule has 1 aliphatic carbocycles. The van der Waals surface area contributed by atoms with E-state index in [0.29, 0.717) is 0 Å². The molecular weight excluding hydrogens is 595 g/mol. The lowest BCUT2D eigenvalue weighted by molar-refractivity contribution is 0.660. The number of rotatable bonds is 3. The standard InChI is InChI=1S/C43H29NS2/c1-43(2)35-16-8-5-13-30(35)31-21-19-27(24-36(31)43)44(28-20-22-33-32-14-6-9-17-37(32)45-39(33)25-28)42-29-12-4-3-11-26(29)23-40-41(42)34-15-7-10-18-38(34)46-40/h3-25H,1-2H3. The van der Waals surface area contributed by atoms with E-state index >= 15 is 0 Å². The van der Waals surface area contributed by atoms with Gasteiger partial charge in [-0.3, -0.25) is 0 Å². The summed E-state index contributed by atoms with van der Waals surface area (Å²) in [5.74, 6) is 0. The first-order valence-electron chi connectivity index (χ1n) is 15.9. The van der Waals surface area contributed by atoms with Crippen LogP contribution < -0.4 is 4.90 Å². The zero-order chi connectivity index (χ0) is 30.6. The van der Waals surface area contributed by atoms with Gasteiger partial charge in [-0.2, -0.15) is 0 Å². The Morgan fingerprint density at radius 3 is 1.93 bits per heavy atom. The topological polar surface area (TPSA) is 3.24 Å². The van der Waals surface area contributed by atoms with E-state index in [-0.39, 0.29) is 5.41 Å². The second kappa shape index (κ2) is 9.53. The molecule has 46 heavy (non-hydrogen) atoms. The normalized spacial score (nSPS) is 13.6. The number of hydrogen-bond acceptors (Lipinski definition) is 3. The molecule has 218 valence electrons. The van der Waals surface area contributed by atoms with Crippen molar-refractivity contribution < 1.29 is 0 Å². The molecule has 1 nitrogen and oxygen atoms in total. The number of nitrogens with zero attached hydrogens (tertiary/aromatic N) is 1. The Morgan fingerprint density at radius 1 is 0.457 bits per heavy atom. The van der Waals surface area contributed by atoms with Crippen molar-refractivity contribution in [1.29, 1.82) is 0 Å². The zero-order valence-corrected chi connectivity index (χ0v) is 27.2. The van der Waals surface area contributed by atoms with Gasteiger partial charge >= 0.3 is 0 Å². The fourth-order valence-electron chi connectivity index (χ4n) is 7.85. The predicted octanol–water partition coefficient (Wildman–Crippen LogP) is 13.4. The molecule has 9 aromatic rings. The molecule has 0 radical (unpaired) electrons. The van der Waals surface area contributed by atoms with Gasteiger partial charge in [-0.05, 0) is 70.1 Å². The minimum absolute atomic E-state index is 0.0911. The second-order valence-corrected chi connectivity index (χ2v) is 15.1. The number of anilines is 3. The molecule has 3 heteroatoms. The van der Waals surface area contributed by atoms with Crippen molar-refractivity contribution in [3.8, 4) is 11.1 Å². The molecule has 0 unspecified atom stereocenters. The summed E-state index contributed by atoms with van der Waals surface area (Å²) in [6, 6.07) is 52.1. The van der Waals surface area contributed by atoms with Crippen LogP contribution in [0.5, 0.6) is 0 Å². The van der Waals surface area contributed by atoms with Crippen molar-refractivity contribution >= 4 is 90.9 Å². The van der Waals surface area contributed by atoms with E-state index < -0.39 is 0 Å². The number of hydrogen-bond donors (Lipinski definition) is 0. The average molecular weight is 624 g/mol. The quantitative estimate of drug-likeness (QED) is 0.189. The largest absolute Gasteiger partial charge is 0.309 e. The SMILES string of the molecule is CC1(C)c2ccccc2-c2ccc(N(c3ccc4c(c3)sc3ccccc34)c3c4ccccc4cc4sc5ccccc5c34)cc21. The first kappa shape index (κ1) is 26.3. The Kier molecular flexibility index (Phi) is 5.44. The summed E-state index contributed by atoms with van der Waals surface area (Å²) in [4.78, 5) is 2.55. The van der Waals surface area contributed by atoms with Crippen LogP contribution in [0.15, 0.2) is 140 Å². The lowest BCUT2D eigenvalue weighted by atomic mass is 9.82. The second-order valence-electron chi connectivity index (χ2n) is 12.9. The maximum Gasteiger partial charge on any atom is 0.0633 e. The fourth-order valence-corrected chi connectivity index (χ4v) is 10.1. The van der Waals surface area contributed by atoms with Crippen molar-refractivity contribution in [2.45, 2.75) is 19.3 Å². The summed E-state index contributed by atoms with van der Waals surface area (Å²) in [5, 5.41) is 7.80. The van der Waals surface area contributed by atoms with Crippen LogP contribution in [0.3, 0.4) is 0 Å². The molecule has 0 N–H and O–H groups in total. The number of benzene rings is 7. The van der Waals surface area contributed by atoms with Gasteiger partial charge < -0.3 is 4.90 Å². The molecule has 2 aromatic heterocycles. The Balaban J connectivity index is 1.32. The monoisotopic (exact) mass is 623 g/mol. The summed E-state index contributed by atoms with van der Waals surface area (Å²) in [6.45, 7) is 4.75. The van der Waals surface area contributed by atoms with Crippen LogP contribution in [0.4, 0.5) is 17.1 Å². The van der Waals surface area contributed by atoms with Crippen LogP contribution in [0, 0.1) is 0 Å². The Bertz CT molecular complexity index is 2690. The van der Waals surface area contributed by atoms with Gasteiger partial charge in [0.05, 0.1) is 5.69 Å². The Hall–Kier alpha value is -4.96. The van der Waals surface area contributed by atoms with Crippen LogP contribution in [0.2, 0.25) is 0 Å². The minimum atomic E-state index is -0.0911. The number of fused-ring (bicyclic) bond motifs is 10. The lowest BCUT2D eigenvalue weighted by Gasteiger charge is -2.30. The summed E-state index contributed by atoms with van der Waals surface area (Å²) in [5.41, 5.74) is 9.00. The maximum atomic E-state index is 2.55. The van der Waals surface area contributed by atoms with E-state index in [1.54, 1.807) is 0 Å². The van der Waals surface area contributed by atoms with Crippen molar-refractivity contribution in [3.05, 3.63) is 151 Å². The molecule has 0 saturated carbocycles. The van der Waals surface area contributed by atoms with Gasteiger partial charge in [0, 0.05) is 62.5 Å². The van der Waals surface area contributed by atoms with Crippen LogP contribution in [-0.4, -0.2) is 0 Å². The highest BCUT2D eigenvalue weighted by Crippen LogP contribution is 2.53. The molecular formula is C43H29NS2. The van der Waals surface area contributed by atoms with Gasteiger partial charge in [-0.1, -0.05) is 111 Å². The van der Waals surface area contributed by atoms with Crippen LogP contribution in [-0.2, 0) is 5.41 Å². The van der Waals surface area contributed by atoms with Gasteiger partial charge in [0.2, 0.25) is 0 Å². The summed E-state index contributed by atoms with van der Waals surface area (Å²) < 4.78 is 5.27. The minimum Gasteiger partial charge on any atom is -0.309 e. The third-order valence-electron chi connectivity index (χ3n) is 10.0. The predicted molar refractivity (Wildman–Crippen MR) is 202 cm³/mol. The smallest absolute Gasteiger partial charge is 0.0633 e. The fraction of sp³-hybridized carbons (Fsp3) is 0.0698. The van der Waals surface area contributed by atoms with Crippen molar-refractivity contribution in [2.24, 2.45) is 0 Å². The molecule has 0 spiro atoms. The van der Waals surface area contributed by atoms with Gasteiger partial charge in [0.25, 0.3) is 0 Å². The third kappa shape index (κ3) is 3.61. The highest BCUT2D eigenvalue weighted by atomic mass is 32.1. The van der Waals surface area contributed by atoms with E-state index in [2.05, 4.69) is 158 Å². The summed E-state index contributed by atoms with van der Waals surface area (Å²) in [7, 11) is 0. The van der Waals surface area contributed by atoms with E-state index in [1.807, 2.05) is 22.7 Å². The molecule has 10 rings (SSSR count). The van der Waals surface area contributed by atoms with Gasteiger partial charge in [-0.25, -0.2) is 0 Å². The van der Waals surface area contributed by atoms with Crippen molar-refractivity contribution in [3.63, 3.8) is 0 Å². The van der Waals surface area contributed by atoms with Crippen molar-refractivity contribution in [2.75, 3.05) is 4.90 Å². The molecule has 0 bridgehead atoms. The highest BCUT2D eigenvalue weighted by molar-refractivity contribution is 7.26. The maximum absolute atomic E-state index is 2.55. The molecule has 0 atom stereocenters. The Labute approximate surface area is 275 Å². The van der Waals surface area contributed by atoms with Gasteiger partial charge in [0.15, 0.2) is 0 Å². The molecule has 0 amide bonds. The van der Waals surface area contributed by atoms with Gasteiger partial charge in [0.1, 0.15) is 0 Å². The third-order valence-corrected chi connectivity index (χ3v) is 12.3. The van der Waals surface area contributed by atoms with E-state index in [0.717, 1.165) is 0 Å². The first-order valence-corrected chi connectivity index (χ1v) is 17.5. The lowest BCUT2D eigenvalue weighted by Crippen LogP contribution is -2.16. The number of thiophene rings is 2. The average Bonchev–Trinajstić information content (AvgIpc) is 3.72. The van der Waals surface area contributed by atoms with Crippen LogP contribution >= 0.6 is 22.7 Å². The van der Waals surface area contributed by atoms with E-state index in [4.69, 9.17) is 0 Å². The van der Waals surface area contributed by atoms with Crippen LogP contribution in [0.25, 0.3) is 62.2 Å². The van der Waals surface area contributed by atoms with Crippen molar-refractivity contribution in [1.82, 2.24) is 0 Å². The van der Waals surface area contributed by atoms with Gasteiger partial charge in [-0.15, -0.1) is 22.7 Å². The molecule has 7 aromatic carbocycles. The zero-order valence-electron chi connectivity index (χ0n) is 25.5. The Morgan fingerprint density at radius 2 is 1.07 bits per heavy atom. The highest BCUT2D eigenvalue weighted by Gasteiger charge is 2.36. The van der Waals surface area contributed by atoms with Crippen LogP contribution in [0.1, 0.15) is 25.0 Å². The molecule has 0 fully saturated rings. The molecule has 1 aliphatic rings.